The van der Waals surface area contributed by atoms with Gasteiger partial charge in [-0.2, -0.15) is 0 Å². The van der Waals surface area contributed by atoms with Crippen molar-refractivity contribution < 1.29 is 4.79 Å². The molecule has 2 rings (SSSR count). The van der Waals surface area contributed by atoms with E-state index in [1.54, 1.807) is 11.3 Å². The average Bonchev–Trinajstić information content (AvgIpc) is 2.71. The van der Waals surface area contributed by atoms with Gasteiger partial charge in [0.05, 0.1) is 11.1 Å². The molecule has 5 heteroatoms. The first kappa shape index (κ1) is 16.3. The van der Waals surface area contributed by atoms with Crippen molar-refractivity contribution in [1.82, 2.24) is 10.6 Å². The fraction of sp³-hybridized carbons (Fsp3) is 0.438. The van der Waals surface area contributed by atoms with Crippen LogP contribution < -0.4 is 10.6 Å². The molecule has 0 aliphatic carbocycles. The molecule has 1 aromatic carbocycles. The Morgan fingerprint density at radius 2 is 2.00 bits per heavy atom. The monoisotopic (exact) mass is 324 g/mol. The number of carbonyl (C=O) groups is 1. The van der Waals surface area contributed by atoms with Crippen molar-refractivity contribution in [2.24, 2.45) is 0 Å². The summed E-state index contributed by atoms with van der Waals surface area (Å²) in [6.07, 6.45) is 0. The van der Waals surface area contributed by atoms with E-state index in [2.05, 4.69) is 16.7 Å². The summed E-state index contributed by atoms with van der Waals surface area (Å²) < 4.78 is 1.17. The molecule has 0 fully saturated rings. The van der Waals surface area contributed by atoms with E-state index in [1.165, 1.54) is 4.70 Å². The van der Waals surface area contributed by atoms with Crippen molar-refractivity contribution >= 4 is 38.9 Å². The maximum absolute atomic E-state index is 12.0. The number of rotatable bonds is 4. The molecule has 0 aliphatic rings. The van der Waals surface area contributed by atoms with Gasteiger partial charge in [0, 0.05) is 27.0 Å². The van der Waals surface area contributed by atoms with Crippen LogP contribution in [0.4, 0.5) is 0 Å². The molecule has 2 aromatic rings. The quantitative estimate of drug-likeness (QED) is 0.894. The third-order valence-corrected chi connectivity index (χ3v) is 4.78. The first-order valence-electron chi connectivity index (χ1n) is 6.99. The van der Waals surface area contributed by atoms with E-state index in [4.69, 9.17) is 11.6 Å². The molecule has 114 valence electrons. The average molecular weight is 325 g/mol. The molecule has 1 heterocycles. The topological polar surface area (TPSA) is 41.1 Å². The lowest BCUT2D eigenvalue weighted by Crippen LogP contribution is -2.49. The van der Waals surface area contributed by atoms with Crippen LogP contribution in [0.15, 0.2) is 24.3 Å². The number of amides is 1. The Kier molecular flexibility index (Phi) is 4.91. The minimum atomic E-state index is -0.259. The second-order valence-electron chi connectivity index (χ2n) is 6.18. The molecule has 0 aliphatic heterocycles. The van der Waals surface area contributed by atoms with Gasteiger partial charge in [-0.25, -0.2) is 0 Å². The molecule has 21 heavy (non-hydrogen) atoms. The SMILES string of the molecule is CC(NCc1sc2ccccc2c1Cl)C(=O)NC(C)(C)C. The van der Waals surface area contributed by atoms with Gasteiger partial charge in [-0.3, -0.25) is 4.79 Å². The van der Waals surface area contributed by atoms with Gasteiger partial charge in [0.25, 0.3) is 0 Å². The van der Waals surface area contributed by atoms with Gasteiger partial charge < -0.3 is 10.6 Å². The van der Waals surface area contributed by atoms with Gasteiger partial charge in [0.1, 0.15) is 0 Å². The van der Waals surface area contributed by atoms with Crippen LogP contribution >= 0.6 is 22.9 Å². The highest BCUT2D eigenvalue weighted by Gasteiger charge is 2.19. The van der Waals surface area contributed by atoms with E-state index < -0.39 is 0 Å². The van der Waals surface area contributed by atoms with Crippen molar-refractivity contribution in [2.45, 2.75) is 45.8 Å². The Morgan fingerprint density at radius 3 is 2.62 bits per heavy atom. The smallest absolute Gasteiger partial charge is 0.237 e. The number of nitrogens with one attached hydrogen (secondary N) is 2. The van der Waals surface area contributed by atoms with E-state index in [-0.39, 0.29) is 17.5 Å². The highest BCUT2D eigenvalue weighted by Crippen LogP contribution is 2.34. The molecule has 2 N–H and O–H groups in total. The van der Waals surface area contributed by atoms with E-state index >= 15 is 0 Å². The van der Waals surface area contributed by atoms with Crippen LogP contribution in [0.2, 0.25) is 5.02 Å². The Bertz CT molecular complexity index is 645. The molecule has 0 bridgehead atoms. The van der Waals surface area contributed by atoms with Crippen LogP contribution in [-0.2, 0) is 11.3 Å². The highest BCUT2D eigenvalue weighted by molar-refractivity contribution is 7.19. The van der Waals surface area contributed by atoms with Crippen LogP contribution in [0.25, 0.3) is 10.1 Å². The zero-order valence-electron chi connectivity index (χ0n) is 12.8. The Hall–Kier alpha value is -1.10. The number of hydrogen-bond donors (Lipinski definition) is 2. The summed E-state index contributed by atoms with van der Waals surface area (Å²) in [4.78, 5) is 13.1. The van der Waals surface area contributed by atoms with Gasteiger partial charge in [-0.1, -0.05) is 29.8 Å². The van der Waals surface area contributed by atoms with E-state index in [1.807, 2.05) is 45.9 Å². The predicted molar refractivity (Wildman–Crippen MR) is 91.0 cm³/mol. The molecular weight excluding hydrogens is 304 g/mol. The lowest BCUT2D eigenvalue weighted by molar-refractivity contribution is -0.124. The molecule has 0 saturated carbocycles. The fourth-order valence-corrected chi connectivity index (χ4v) is 3.45. The lowest BCUT2D eigenvalue weighted by Gasteiger charge is -2.23. The molecule has 1 atom stereocenters. The first-order valence-corrected chi connectivity index (χ1v) is 8.18. The van der Waals surface area contributed by atoms with E-state index in [9.17, 15) is 4.79 Å². The largest absolute Gasteiger partial charge is 0.350 e. The number of hydrogen-bond acceptors (Lipinski definition) is 3. The molecule has 0 saturated heterocycles. The van der Waals surface area contributed by atoms with Crippen LogP contribution in [-0.4, -0.2) is 17.5 Å². The summed E-state index contributed by atoms with van der Waals surface area (Å²) in [6, 6.07) is 7.81. The highest BCUT2D eigenvalue weighted by atomic mass is 35.5. The van der Waals surface area contributed by atoms with Gasteiger partial charge in [-0.15, -0.1) is 11.3 Å². The van der Waals surface area contributed by atoms with Gasteiger partial charge in [-0.05, 0) is 33.8 Å². The number of thiophene rings is 1. The normalized spacial score (nSPS) is 13.4. The van der Waals surface area contributed by atoms with Crippen molar-refractivity contribution in [3.05, 3.63) is 34.2 Å². The third kappa shape index (κ3) is 4.19. The van der Waals surface area contributed by atoms with E-state index in [0.29, 0.717) is 6.54 Å². The number of fused-ring (bicyclic) bond motifs is 1. The summed E-state index contributed by atoms with van der Waals surface area (Å²) in [5.74, 6) is -0.000247. The minimum absolute atomic E-state index is 0.000247. The molecule has 0 spiro atoms. The molecule has 3 nitrogen and oxygen atoms in total. The van der Waals surface area contributed by atoms with Crippen LogP contribution in [0.1, 0.15) is 32.6 Å². The van der Waals surface area contributed by atoms with Crippen LogP contribution in [0.3, 0.4) is 0 Å². The second kappa shape index (κ2) is 6.34. The summed E-state index contributed by atoms with van der Waals surface area (Å²) in [7, 11) is 0. The summed E-state index contributed by atoms with van der Waals surface area (Å²) in [5.41, 5.74) is -0.220. The number of carbonyl (C=O) groups excluding carboxylic acids is 1. The zero-order valence-corrected chi connectivity index (χ0v) is 14.4. The zero-order chi connectivity index (χ0) is 15.6. The standard InChI is InChI=1S/C16H21ClN2OS/c1-10(15(20)19-16(2,3)4)18-9-13-14(17)11-7-5-6-8-12(11)21-13/h5-8,10,18H,9H2,1-4H3,(H,19,20). The van der Waals surface area contributed by atoms with Crippen molar-refractivity contribution in [1.29, 1.82) is 0 Å². The van der Waals surface area contributed by atoms with Crippen molar-refractivity contribution in [3.63, 3.8) is 0 Å². The Balaban J connectivity index is 2.01. The van der Waals surface area contributed by atoms with Crippen molar-refractivity contribution in [3.8, 4) is 0 Å². The maximum Gasteiger partial charge on any atom is 0.237 e. The van der Waals surface area contributed by atoms with Gasteiger partial charge in [0.2, 0.25) is 5.91 Å². The van der Waals surface area contributed by atoms with Gasteiger partial charge in [0.15, 0.2) is 0 Å². The Labute approximate surface area is 134 Å². The van der Waals surface area contributed by atoms with Gasteiger partial charge >= 0.3 is 0 Å². The lowest BCUT2D eigenvalue weighted by atomic mass is 10.1. The summed E-state index contributed by atoms with van der Waals surface area (Å²) in [6.45, 7) is 8.38. The predicted octanol–water partition coefficient (Wildman–Crippen LogP) is 3.95. The van der Waals surface area contributed by atoms with Crippen molar-refractivity contribution in [2.75, 3.05) is 0 Å². The second-order valence-corrected chi connectivity index (χ2v) is 7.69. The van der Waals surface area contributed by atoms with Crippen LogP contribution in [0, 0.1) is 0 Å². The number of benzene rings is 1. The molecule has 1 unspecified atom stereocenters. The molecule has 1 aromatic heterocycles. The molecule has 0 radical (unpaired) electrons. The first-order chi connectivity index (χ1) is 9.78. The summed E-state index contributed by atoms with van der Waals surface area (Å²) in [5, 5.41) is 8.06. The van der Waals surface area contributed by atoms with Crippen LogP contribution in [0.5, 0.6) is 0 Å². The fourth-order valence-electron chi connectivity index (χ4n) is 1.99. The van der Waals surface area contributed by atoms with E-state index in [0.717, 1.165) is 15.3 Å². The number of halogens is 1. The third-order valence-electron chi connectivity index (χ3n) is 3.06. The minimum Gasteiger partial charge on any atom is -0.350 e. The summed E-state index contributed by atoms with van der Waals surface area (Å²) >= 11 is 8.06. The molecular formula is C16H21ClN2OS. The molecule has 1 amide bonds. The Morgan fingerprint density at radius 1 is 1.33 bits per heavy atom. The maximum atomic E-state index is 12.0.